The summed E-state index contributed by atoms with van der Waals surface area (Å²) >= 11 is 0. The Morgan fingerprint density at radius 3 is 2.31 bits per heavy atom. The second-order valence-electron chi connectivity index (χ2n) is 6.81. The molecule has 0 bridgehead atoms. The summed E-state index contributed by atoms with van der Waals surface area (Å²) in [6.07, 6.45) is 3.08. The van der Waals surface area contributed by atoms with E-state index < -0.39 is 9.84 Å². The number of nitrogens with one attached hydrogen (secondary N) is 1. The van der Waals surface area contributed by atoms with Crippen LogP contribution >= 0.6 is 0 Å². The third kappa shape index (κ3) is 6.26. The molecule has 0 radical (unpaired) electrons. The molecule has 1 amide bonds. The first kappa shape index (κ1) is 20.1. The van der Waals surface area contributed by atoms with E-state index >= 15 is 0 Å². The van der Waals surface area contributed by atoms with E-state index in [4.69, 9.17) is 0 Å². The van der Waals surface area contributed by atoms with E-state index in [-0.39, 0.29) is 29.9 Å². The first-order valence-corrected chi connectivity index (χ1v) is 10.6. The Morgan fingerprint density at radius 2 is 1.73 bits per heavy atom. The van der Waals surface area contributed by atoms with Crippen LogP contribution in [0.1, 0.15) is 55.8 Å². The van der Waals surface area contributed by atoms with Gasteiger partial charge in [-0.05, 0) is 35.6 Å². The van der Waals surface area contributed by atoms with E-state index in [1.807, 2.05) is 19.1 Å². The molecule has 2 aromatic rings. The van der Waals surface area contributed by atoms with Crippen molar-refractivity contribution < 1.29 is 13.2 Å². The topological polar surface area (TPSA) is 76.1 Å². The van der Waals surface area contributed by atoms with E-state index in [1.54, 1.807) is 18.3 Å². The minimum atomic E-state index is -3.35. The zero-order valence-corrected chi connectivity index (χ0v) is 16.3. The lowest BCUT2D eigenvalue weighted by Gasteiger charge is -2.15. The highest BCUT2D eigenvalue weighted by Crippen LogP contribution is 2.18. The van der Waals surface area contributed by atoms with Crippen LogP contribution < -0.4 is 5.32 Å². The molecule has 6 heteroatoms. The van der Waals surface area contributed by atoms with Crippen molar-refractivity contribution in [3.8, 4) is 0 Å². The molecule has 0 spiro atoms. The molecule has 0 aliphatic rings. The number of sulfone groups is 1. The number of carbonyl (C=O) groups is 1. The number of aromatic nitrogens is 1. The van der Waals surface area contributed by atoms with Crippen molar-refractivity contribution in [3.63, 3.8) is 0 Å². The third-order valence-corrected chi connectivity index (χ3v) is 5.83. The van der Waals surface area contributed by atoms with Crippen LogP contribution in [-0.2, 0) is 20.4 Å². The predicted octanol–water partition coefficient (Wildman–Crippen LogP) is 3.39. The quantitative estimate of drug-likeness (QED) is 0.768. The average Bonchev–Trinajstić information content (AvgIpc) is 2.60. The van der Waals surface area contributed by atoms with E-state index in [0.29, 0.717) is 11.5 Å². The summed E-state index contributed by atoms with van der Waals surface area (Å²) in [4.78, 5) is 16.0. The third-order valence-electron chi connectivity index (χ3n) is 4.23. The van der Waals surface area contributed by atoms with E-state index in [0.717, 1.165) is 5.56 Å². The first-order chi connectivity index (χ1) is 12.3. The molecule has 0 fully saturated rings. The summed E-state index contributed by atoms with van der Waals surface area (Å²) in [7, 11) is -3.35. The monoisotopic (exact) mass is 374 g/mol. The number of nitrogens with zero attached hydrogens (tertiary/aromatic N) is 1. The van der Waals surface area contributed by atoms with Gasteiger partial charge in [0.2, 0.25) is 5.91 Å². The Balaban J connectivity index is 1.85. The molecule has 1 aromatic heterocycles. The molecule has 1 aromatic carbocycles. The molecule has 0 saturated carbocycles. The van der Waals surface area contributed by atoms with Gasteiger partial charge < -0.3 is 5.32 Å². The Labute approximate surface area is 155 Å². The lowest BCUT2D eigenvalue weighted by atomic mass is 9.99. The molecule has 0 saturated heterocycles. The molecule has 0 aliphatic heterocycles. The highest BCUT2D eigenvalue weighted by Gasteiger charge is 2.16. The molecule has 26 heavy (non-hydrogen) atoms. The molecular weight excluding hydrogens is 348 g/mol. The average molecular weight is 375 g/mol. The van der Waals surface area contributed by atoms with E-state index in [1.165, 1.54) is 11.8 Å². The van der Waals surface area contributed by atoms with Crippen molar-refractivity contribution in [2.24, 2.45) is 0 Å². The van der Waals surface area contributed by atoms with Crippen LogP contribution in [0.3, 0.4) is 0 Å². The molecule has 2 rings (SSSR count). The van der Waals surface area contributed by atoms with Gasteiger partial charge in [0.15, 0.2) is 9.84 Å². The zero-order valence-electron chi connectivity index (χ0n) is 15.5. The van der Waals surface area contributed by atoms with Gasteiger partial charge >= 0.3 is 0 Å². The minimum absolute atomic E-state index is 0.0446. The van der Waals surface area contributed by atoms with Crippen LogP contribution in [0.25, 0.3) is 0 Å². The number of rotatable bonds is 8. The standard InChI is InChI=1S/C20H26N2O3S/c1-15(2)18-6-8-19(9-7-18)16(3)22-20(23)10-12-26(24,25)14-17-5-4-11-21-13-17/h4-9,11,13,15-16H,10,12,14H2,1-3H3,(H,22,23)/t16-/m1/s1. The molecule has 1 atom stereocenters. The van der Waals surface area contributed by atoms with Crippen LogP contribution in [-0.4, -0.2) is 25.1 Å². The fourth-order valence-electron chi connectivity index (χ4n) is 2.62. The van der Waals surface area contributed by atoms with Gasteiger partial charge in [0.05, 0.1) is 17.5 Å². The summed E-state index contributed by atoms with van der Waals surface area (Å²) in [6.45, 7) is 6.16. The number of hydrogen-bond acceptors (Lipinski definition) is 4. The Morgan fingerprint density at radius 1 is 1.08 bits per heavy atom. The number of carbonyl (C=O) groups excluding carboxylic acids is 1. The summed E-state index contributed by atoms with van der Waals surface area (Å²) in [5.41, 5.74) is 2.88. The highest BCUT2D eigenvalue weighted by molar-refractivity contribution is 7.90. The van der Waals surface area contributed by atoms with Gasteiger partial charge in [-0.15, -0.1) is 0 Å². The summed E-state index contributed by atoms with van der Waals surface area (Å²) in [5, 5.41) is 2.87. The predicted molar refractivity (Wildman–Crippen MR) is 103 cm³/mol. The molecule has 0 unspecified atom stereocenters. The Hall–Kier alpha value is -2.21. The second-order valence-corrected chi connectivity index (χ2v) is 9.00. The summed E-state index contributed by atoms with van der Waals surface area (Å²) in [6, 6.07) is 11.4. The van der Waals surface area contributed by atoms with Crippen molar-refractivity contribution >= 4 is 15.7 Å². The SMILES string of the molecule is CC(C)c1ccc([C@@H](C)NC(=O)CCS(=O)(=O)Cc2cccnc2)cc1. The van der Waals surface area contributed by atoms with Gasteiger partial charge in [-0.2, -0.15) is 0 Å². The van der Waals surface area contributed by atoms with Gasteiger partial charge in [-0.25, -0.2) is 8.42 Å². The fourth-order valence-corrected chi connectivity index (χ4v) is 3.94. The van der Waals surface area contributed by atoms with Crippen molar-refractivity contribution in [1.82, 2.24) is 10.3 Å². The largest absolute Gasteiger partial charge is 0.350 e. The first-order valence-electron chi connectivity index (χ1n) is 8.75. The van der Waals surface area contributed by atoms with Crippen molar-refractivity contribution in [1.29, 1.82) is 0 Å². The maximum Gasteiger partial charge on any atom is 0.221 e. The van der Waals surface area contributed by atoms with Crippen molar-refractivity contribution in [3.05, 3.63) is 65.5 Å². The molecule has 5 nitrogen and oxygen atoms in total. The Bertz CT molecular complexity index is 816. The number of pyridine rings is 1. The molecule has 140 valence electrons. The van der Waals surface area contributed by atoms with Crippen LogP contribution in [0.15, 0.2) is 48.8 Å². The Kier molecular flexibility index (Phi) is 6.91. The van der Waals surface area contributed by atoms with Crippen LogP contribution in [0, 0.1) is 0 Å². The van der Waals surface area contributed by atoms with Crippen LogP contribution in [0.2, 0.25) is 0 Å². The molecule has 1 N–H and O–H groups in total. The molecule has 0 aliphatic carbocycles. The fraction of sp³-hybridized carbons (Fsp3) is 0.400. The van der Waals surface area contributed by atoms with Crippen LogP contribution in [0.5, 0.6) is 0 Å². The lowest BCUT2D eigenvalue weighted by Crippen LogP contribution is -2.28. The maximum absolute atomic E-state index is 12.2. The van der Waals surface area contributed by atoms with Crippen molar-refractivity contribution in [2.45, 2.75) is 44.9 Å². The van der Waals surface area contributed by atoms with Gasteiger partial charge in [0.25, 0.3) is 0 Å². The summed E-state index contributed by atoms with van der Waals surface area (Å²) < 4.78 is 24.3. The summed E-state index contributed by atoms with van der Waals surface area (Å²) in [5.74, 6) is -0.0771. The highest BCUT2D eigenvalue weighted by atomic mass is 32.2. The number of amides is 1. The molecular formula is C20H26N2O3S. The van der Waals surface area contributed by atoms with Gasteiger partial charge in [0, 0.05) is 18.8 Å². The van der Waals surface area contributed by atoms with E-state index in [2.05, 4.69) is 36.3 Å². The van der Waals surface area contributed by atoms with Crippen LogP contribution in [0.4, 0.5) is 0 Å². The normalized spacial score (nSPS) is 12.8. The smallest absolute Gasteiger partial charge is 0.221 e. The number of benzene rings is 1. The van der Waals surface area contributed by atoms with Gasteiger partial charge in [-0.1, -0.05) is 44.2 Å². The van der Waals surface area contributed by atoms with E-state index in [9.17, 15) is 13.2 Å². The van der Waals surface area contributed by atoms with Gasteiger partial charge in [-0.3, -0.25) is 9.78 Å². The zero-order chi connectivity index (χ0) is 19.2. The van der Waals surface area contributed by atoms with Crippen molar-refractivity contribution in [2.75, 3.05) is 5.75 Å². The lowest BCUT2D eigenvalue weighted by molar-refractivity contribution is -0.121. The molecule has 1 heterocycles. The van der Waals surface area contributed by atoms with Gasteiger partial charge in [0.1, 0.15) is 0 Å². The maximum atomic E-state index is 12.2. The number of hydrogen-bond donors (Lipinski definition) is 1. The minimum Gasteiger partial charge on any atom is -0.350 e. The second kappa shape index (κ2) is 8.94.